The lowest BCUT2D eigenvalue weighted by Gasteiger charge is -2.09. The van der Waals surface area contributed by atoms with Gasteiger partial charge in [-0.3, -0.25) is 4.79 Å². The third-order valence-electron chi connectivity index (χ3n) is 2.53. The van der Waals surface area contributed by atoms with E-state index in [4.69, 9.17) is 9.47 Å². The van der Waals surface area contributed by atoms with Crippen molar-refractivity contribution in [2.45, 2.75) is 37.8 Å². The minimum Gasteiger partial charge on any atom is -0.460 e. The summed E-state index contributed by atoms with van der Waals surface area (Å²) in [6, 6.07) is 0.664. The van der Waals surface area contributed by atoms with Crippen LogP contribution in [0.4, 0.5) is 0 Å². The Hall–Kier alpha value is -0.610. The Balaban J connectivity index is 1.53. The van der Waals surface area contributed by atoms with Crippen LogP contribution in [-0.4, -0.2) is 37.9 Å². The molecular formula is C10H17NO3. The molecule has 1 aliphatic carbocycles. The molecule has 1 saturated heterocycles. The molecule has 0 aromatic carbocycles. The van der Waals surface area contributed by atoms with Crippen molar-refractivity contribution < 1.29 is 14.3 Å². The van der Waals surface area contributed by atoms with E-state index in [0.717, 1.165) is 19.6 Å². The summed E-state index contributed by atoms with van der Waals surface area (Å²) >= 11 is 0. The number of carbonyl (C=O) groups is 1. The van der Waals surface area contributed by atoms with Crippen LogP contribution in [0.2, 0.25) is 0 Å². The number of rotatable bonds is 5. The fourth-order valence-electron chi connectivity index (χ4n) is 1.52. The minimum atomic E-state index is -0.103. The maximum atomic E-state index is 11.3. The summed E-state index contributed by atoms with van der Waals surface area (Å²) < 4.78 is 10.3. The number of hydrogen-bond acceptors (Lipinski definition) is 4. The van der Waals surface area contributed by atoms with Crippen molar-refractivity contribution in [3.8, 4) is 0 Å². The molecule has 1 atom stereocenters. The molecule has 1 saturated carbocycles. The Morgan fingerprint density at radius 3 is 2.93 bits per heavy atom. The molecule has 2 rings (SSSR count). The summed E-state index contributed by atoms with van der Waals surface area (Å²) in [7, 11) is 0. The second kappa shape index (κ2) is 4.75. The Morgan fingerprint density at radius 1 is 1.43 bits per heavy atom. The number of hydrogen-bond donors (Lipinski definition) is 1. The average molecular weight is 199 g/mol. The highest BCUT2D eigenvalue weighted by atomic mass is 16.6. The molecule has 4 heteroatoms. The highest BCUT2D eigenvalue weighted by Gasteiger charge is 2.22. The molecule has 2 fully saturated rings. The summed E-state index contributed by atoms with van der Waals surface area (Å²) in [5.41, 5.74) is 0. The fourth-order valence-corrected chi connectivity index (χ4v) is 1.52. The van der Waals surface area contributed by atoms with Gasteiger partial charge in [0.1, 0.15) is 6.10 Å². The van der Waals surface area contributed by atoms with Crippen molar-refractivity contribution >= 4 is 5.97 Å². The first-order valence-corrected chi connectivity index (χ1v) is 5.35. The van der Waals surface area contributed by atoms with Crippen molar-refractivity contribution in [2.75, 3.05) is 19.8 Å². The smallest absolute Gasteiger partial charge is 0.307 e. The molecule has 1 aliphatic heterocycles. The lowest BCUT2D eigenvalue weighted by atomic mass is 10.3. The van der Waals surface area contributed by atoms with E-state index in [-0.39, 0.29) is 12.1 Å². The molecule has 0 spiro atoms. The molecule has 1 unspecified atom stereocenters. The van der Waals surface area contributed by atoms with Gasteiger partial charge in [-0.2, -0.15) is 0 Å². The van der Waals surface area contributed by atoms with E-state index in [9.17, 15) is 4.79 Å². The van der Waals surface area contributed by atoms with Gasteiger partial charge in [0.05, 0.1) is 19.6 Å². The lowest BCUT2D eigenvalue weighted by Crippen LogP contribution is -2.24. The third-order valence-corrected chi connectivity index (χ3v) is 2.53. The van der Waals surface area contributed by atoms with E-state index >= 15 is 0 Å². The Labute approximate surface area is 84.0 Å². The minimum absolute atomic E-state index is 0.00317. The van der Waals surface area contributed by atoms with Crippen molar-refractivity contribution in [1.82, 2.24) is 5.32 Å². The van der Waals surface area contributed by atoms with Crippen LogP contribution in [0.3, 0.4) is 0 Å². The van der Waals surface area contributed by atoms with Gasteiger partial charge in [-0.05, 0) is 12.8 Å². The van der Waals surface area contributed by atoms with Crippen molar-refractivity contribution in [3.63, 3.8) is 0 Å². The normalized spacial score (nSPS) is 26.4. The first-order chi connectivity index (χ1) is 6.84. The van der Waals surface area contributed by atoms with Gasteiger partial charge in [-0.15, -0.1) is 0 Å². The predicted octanol–water partition coefficient (Wildman–Crippen LogP) is 0.461. The molecule has 0 amide bonds. The summed E-state index contributed by atoms with van der Waals surface area (Å²) in [4.78, 5) is 11.3. The first kappa shape index (κ1) is 9.93. The molecule has 0 bridgehead atoms. The molecule has 0 aromatic rings. The van der Waals surface area contributed by atoms with Crippen molar-refractivity contribution in [3.05, 3.63) is 0 Å². The zero-order chi connectivity index (χ0) is 9.80. The topological polar surface area (TPSA) is 47.6 Å². The number of carbonyl (C=O) groups excluding carboxylic acids is 1. The van der Waals surface area contributed by atoms with E-state index in [0.29, 0.717) is 19.1 Å². The number of ether oxygens (including phenoxy) is 2. The molecule has 0 radical (unpaired) electrons. The van der Waals surface area contributed by atoms with Crippen molar-refractivity contribution in [1.29, 1.82) is 0 Å². The van der Waals surface area contributed by atoms with Gasteiger partial charge in [-0.1, -0.05) is 0 Å². The molecule has 0 aromatic heterocycles. The fraction of sp³-hybridized carbons (Fsp3) is 0.900. The van der Waals surface area contributed by atoms with Crippen LogP contribution in [0.15, 0.2) is 0 Å². The van der Waals surface area contributed by atoms with Gasteiger partial charge >= 0.3 is 5.97 Å². The van der Waals surface area contributed by atoms with Crippen molar-refractivity contribution in [2.24, 2.45) is 0 Å². The molecule has 80 valence electrons. The van der Waals surface area contributed by atoms with Gasteiger partial charge in [-0.25, -0.2) is 0 Å². The Bertz CT molecular complexity index is 198. The lowest BCUT2D eigenvalue weighted by molar-refractivity contribution is -0.148. The second-order valence-corrected chi connectivity index (χ2v) is 3.95. The summed E-state index contributed by atoms with van der Waals surface area (Å²) in [6.07, 6.45) is 3.84. The van der Waals surface area contributed by atoms with Gasteiger partial charge in [0, 0.05) is 19.0 Å². The van der Waals surface area contributed by atoms with E-state index in [2.05, 4.69) is 5.32 Å². The molecule has 2 aliphatic rings. The summed E-state index contributed by atoms with van der Waals surface area (Å²) in [5, 5.41) is 3.28. The SMILES string of the molecule is O=C(CCNC1CC1)OC1CCOC1. The summed E-state index contributed by atoms with van der Waals surface area (Å²) in [6.45, 7) is 2.04. The zero-order valence-corrected chi connectivity index (χ0v) is 8.33. The standard InChI is InChI=1S/C10H17NO3/c12-10(3-5-11-8-1-2-8)14-9-4-6-13-7-9/h8-9,11H,1-7H2. The largest absolute Gasteiger partial charge is 0.460 e. The Kier molecular flexibility index (Phi) is 3.37. The average Bonchev–Trinajstić information content (AvgIpc) is 2.83. The van der Waals surface area contributed by atoms with Gasteiger partial charge in [0.15, 0.2) is 0 Å². The molecule has 1 N–H and O–H groups in total. The summed E-state index contributed by atoms with van der Waals surface area (Å²) in [5.74, 6) is -0.103. The van der Waals surface area contributed by atoms with Crippen LogP contribution in [0.5, 0.6) is 0 Å². The number of esters is 1. The van der Waals surface area contributed by atoms with Crippen LogP contribution in [0.25, 0.3) is 0 Å². The van der Waals surface area contributed by atoms with Crippen LogP contribution in [-0.2, 0) is 14.3 Å². The first-order valence-electron chi connectivity index (χ1n) is 5.35. The maximum absolute atomic E-state index is 11.3. The predicted molar refractivity (Wildman–Crippen MR) is 51.0 cm³/mol. The zero-order valence-electron chi connectivity index (χ0n) is 8.33. The van der Waals surface area contributed by atoms with E-state index in [1.165, 1.54) is 12.8 Å². The molecule has 14 heavy (non-hydrogen) atoms. The van der Waals surface area contributed by atoms with E-state index in [1.807, 2.05) is 0 Å². The Morgan fingerprint density at radius 2 is 2.29 bits per heavy atom. The van der Waals surface area contributed by atoms with Crippen LogP contribution in [0.1, 0.15) is 25.7 Å². The van der Waals surface area contributed by atoms with Crippen LogP contribution < -0.4 is 5.32 Å². The van der Waals surface area contributed by atoms with Gasteiger partial charge < -0.3 is 14.8 Å². The molecule has 4 nitrogen and oxygen atoms in total. The van der Waals surface area contributed by atoms with E-state index in [1.54, 1.807) is 0 Å². The van der Waals surface area contributed by atoms with Crippen LogP contribution in [0, 0.1) is 0 Å². The maximum Gasteiger partial charge on any atom is 0.307 e. The van der Waals surface area contributed by atoms with E-state index < -0.39 is 0 Å². The van der Waals surface area contributed by atoms with Gasteiger partial charge in [0.25, 0.3) is 0 Å². The third kappa shape index (κ3) is 3.27. The van der Waals surface area contributed by atoms with Crippen LogP contribution >= 0.6 is 0 Å². The highest BCUT2D eigenvalue weighted by molar-refractivity contribution is 5.69. The molecular weight excluding hydrogens is 182 g/mol. The number of nitrogens with one attached hydrogen (secondary N) is 1. The highest BCUT2D eigenvalue weighted by Crippen LogP contribution is 2.18. The monoisotopic (exact) mass is 199 g/mol. The molecule has 1 heterocycles. The van der Waals surface area contributed by atoms with Gasteiger partial charge in [0.2, 0.25) is 0 Å². The second-order valence-electron chi connectivity index (χ2n) is 3.95. The quantitative estimate of drug-likeness (QED) is 0.653.